The standard InChI is InChI=1S/C15H20BClN2O3/c1-14(2)15(3,4)22-16(21-14)11-5-6-12(10(7-11)9-20)19-13(18)8-17/h5-7,9H,8H2,1-4H3,(H2,18,19). The predicted octanol–water partition coefficient (Wildman–Crippen LogP) is 2.03. The van der Waals surface area contributed by atoms with Crippen LogP contribution in [0.1, 0.15) is 38.1 Å². The SMILES string of the molecule is CC1(C)OB(c2ccc(N=C(N)CCl)c(C=O)c2)OC1(C)C. The summed E-state index contributed by atoms with van der Waals surface area (Å²) in [5.74, 6) is 0.366. The molecule has 2 rings (SSSR count). The van der Waals surface area contributed by atoms with Crippen LogP contribution in [0.25, 0.3) is 0 Å². The molecule has 1 aromatic rings. The van der Waals surface area contributed by atoms with Gasteiger partial charge < -0.3 is 15.0 Å². The van der Waals surface area contributed by atoms with Crippen LogP contribution in [-0.2, 0) is 9.31 Å². The highest BCUT2D eigenvalue weighted by molar-refractivity contribution is 6.62. The molecule has 1 saturated heterocycles. The third-order valence-electron chi connectivity index (χ3n) is 4.10. The van der Waals surface area contributed by atoms with Crippen molar-refractivity contribution in [3.63, 3.8) is 0 Å². The maximum Gasteiger partial charge on any atom is 0.494 e. The molecule has 0 amide bonds. The molecule has 118 valence electrons. The molecule has 0 aliphatic carbocycles. The van der Waals surface area contributed by atoms with E-state index in [4.69, 9.17) is 26.6 Å². The molecule has 0 atom stereocenters. The summed E-state index contributed by atoms with van der Waals surface area (Å²) in [4.78, 5) is 15.4. The molecule has 0 bridgehead atoms. The van der Waals surface area contributed by atoms with E-state index in [0.717, 1.165) is 11.7 Å². The van der Waals surface area contributed by atoms with Gasteiger partial charge in [-0.05, 0) is 45.3 Å². The fourth-order valence-corrected chi connectivity index (χ4v) is 2.14. The molecule has 0 unspecified atom stereocenters. The van der Waals surface area contributed by atoms with Gasteiger partial charge in [0, 0.05) is 5.56 Å². The number of halogens is 1. The van der Waals surface area contributed by atoms with E-state index in [0.29, 0.717) is 11.3 Å². The Hall–Kier alpha value is -1.37. The van der Waals surface area contributed by atoms with Crippen molar-refractivity contribution in [2.45, 2.75) is 38.9 Å². The van der Waals surface area contributed by atoms with Crippen LogP contribution in [0.15, 0.2) is 23.2 Å². The average molecular weight is 323 g/mol. The lowest BCUT2D eigenvalue weighted by molar-refractivity contribution is 0.00578. The predicted molar refractivity (Wildman–Crippen MR) is 89.5 cm³/mol. The normalized spacial score (nSPS) is 20.2. The first-order chi connectivity index (χ1) is 10.2. The quantitative estimate of drug-likeness (QED) is 0.303. The number of aliphatic imine (C=N–C) groups is 1. The molecule has 5 nitrogen and oxygen atoms in total. The van der Waals surface area contributed by atoms with E-state index in [1.54, 1.807) is 12.1 Å². The molecule has 1 aliphatic heterocycles. The zero-order valence-electron chi connectivity index (χ0n) is 13.2. The van der Waals surface area contributed by atoms with Gasteiger partial charge in [-0.15, -0.1) is 11.6 Å². The largest absolute Gasteiger partial charge is 0.494 e. The Bertz CT molecular complexity index is 601. The molecule has 0 saturated carbocycles. The second-order valence-electron chi connectivity index (χ2n) is 6.26. The molecular weight excluding hydrogens is 302 g/mol. The summed E-state index contributed by atoms with van der Waals surface area (Å²) in [5, 5.41) is 0. The number of aldehydes is 1. The number of carbonyl (C=O) groups is 1. The highest BCUT2D eigenvalue weighted by Gasteiger charge is 2.51. The molecular formula is C15H20BClN2O3. The molecule has 7 heteroatoms. The van der Waals surface area contributed by atoms with E-state index < -0.39 is 18.3 Å². The maximum absolute atomic E-state index is 11.3. The van der Waals surface area contributed by atoms with Gasteiger partial charge in [-0.3, -0.25) is 4.79 Å². The minimum absolute atomic E-state index is 0.108. The zero-order valence-corrected chi connectivity index (χ0v) is 14.0. The number of hydrogen-bond donors (Lipinski definition) is 1. The van der Waals surface area contributed by atoms with Crippen molar-refractivity contribution in [1.82, 2.24) is 0 Å². The molecule has 1 fully saturated rings. The zero-order chi connectivity index (χ0) is 16.5. The average Bonchev–Trinajstić information content (AvgIpc) is 2.67. The molecule has 0 aromatic heterocycles. The number of amidine groups is 1. The Kier molecular flexibility index (Phi) is 4.66. The van der Waals surface area contributed by atoms with E-state index >= 15 is 0 Å². The van der Waals surface area contributed by atoms with Gasteiger partial charge in [0.1, 0.15) is 5.84 Å². The number of nitrogens with two attached hydrogens (primary N) is 1. The van der Waals surface area contributed by atoms with Crippen LogP contribution < -0.4 is 11.2 Å². The van der Waals surface area contributed by atoms with Crippen LogP contribution in [0.2, 0.25) is 0 Å². The number of hydrogen-bond acceptors (Lipinski definition) is 4. The number of nitrogens with zero attached hydrogens (tertiary/aromatic N) is 1. The third-order valence-corrected chi connectivity index (χ3v) is 4.38. The molecule has 1 aromatic carbocycles. The van der Waals surface area contributed by atoms with Crippen molar-refractivity contribution < 1.29 is 14.1 Å². The summed E-state index contributed by atoms with van der Waals surface area (Å²) in [5.41, 5.74) is 6.41. The van der Waals surface area contributed by atoms with E-state index in [1.165, 1.54) is 0 Å². The Labute approximate surface area is 136 Å². The van der Waals surface area contributed by atoms with Gasteiger partial charge in [0.25, 0.3) is 0 Å². The second kappa shape index (κ2) is 6.03. The van der Waals surface area contributed by atoms with Crippen LogP contribution in [0.3, 0.4) is 0 Å². The van der Waals surface area contributed by atoms with Gasteiger partial charge >= 0.3 is 7.12 Å². The fraction of sp³-hybridized carbons (Fsp3) is 0.467. The lowest BCUT2D eigenvalue weighted by Crippen LogP contribution is -2.41. The van der Waals surface area contributed by atoms with Crippen LogP contribution in [-0.4, -0.2) is 36.3 Å². The highest BCUT2D eigenvalue weighted by Crippen LogP contribution is 2.36. The van der Waals surface area contributed by atoms with E-state index in [1.807, 2.05) is 33.8 Å². The smallest absolute Gasteiger partial charge is 0.399 e. The van der Waals surface area contributed by atoms with Gasteiger partial charge in [-0.25, -0.2) is 4.99 Å². The van der Waals surface area contributed by atoms with E-state index in [-0.39, 0.29) is 11.7 Å². The van der Waals surface area contributed by atoms with Crippen molar-refractivity contribution >= 4 is 42.0 Å². The number of rotatable bonds is 4. The summed E-state index contributed by atoms with van der Waals surface area (Å²) in [6, 6.07) is 5.23. The summed E-state index contributed by atoms with van der Waals surface area (Å²) in [6.45, 7) is 7.92. The van der Waals surface area contributed by atoms with Crippen LogP contribution in [0.4, 0.5) is 5.69 Å². The van der Waals surface area contributed by atoms with Crippen molar-refractivity contribution in [3.05, 3.63) is 23.8 Å². The monoisotopic (exact) mass is 322 g/mol. The maximum atomic E-state index is 11.3. The van der Waals surface area contributed by atoms with Crippen LogP contribution in [0, 0.1) is 0 Å². The topological polar surface area (TPSA) is 73.9 Å². The minimum atomic E-state index is -0.521. The Balaban J connectivity index is 2.34. The van der Waals surface area contributed by atoms with Gasteiger partial charge in [-0.1, -0.05) is 6.07 Å². The molecule has 0 spiro atoms. The Morgan fingerprint density at radius 2 is 1.91 bits per heavy atom. The van der Waals surface area contributed by atoms with Gasteiger partial charge in [0.15, 0.2) is 6.29 Å². The Morgan fingerprint density at radius 3 is 2.41 bits per heavy atom. The molecule has 1 heterocycles. The second-order valence-corrected chi connectivity index (χ2v) is 6.53. The van der Waals surface area contributed by atoms with Gasteiger partial charge in [0.05, 0.1) is 22.8 Å². The Morgan fingerprint density at radius 1 is 1.32 bits per heavy atom. The van der Waals surface area contributed by atoms with Crippen LogP contribution in [0.5, 0.6) is 0 Å². The third kappa shape index (κ3) is 3.19. The molecule has 0 radical (unpaired) electrons. The summed E-state index contributed by atoms with van der Waals surface area (Å²) >= 11 is 5.61. The van der Waals surface area contributed by atoms with Crippen molar-refractivity contribution in [1.29, 1.82) is 0 Å². The van der Waals surface area contributed by atoms with Crippen molar-refractivity contribution in [2.75, 3.05) is 5.88 Å². The van der Waals surface area contributed by atoms with Gasteiger partial charge in [0.2, 0.25) is 0 Å². The molecule has 22 heavy (non-hydrogen) atoms. The summed E-state index contributed by atoms with van der Waals surface area (Å²) in [7, 11) is -0.521. The van der Waals surface area contributed by atoms with E-state index in [9.17, 15) is 4.79 Å². The van der Waals surface area contributed by atoms with Crippen molar-refractivity contribution in [3.8, 4) is 0 Å². The number of benzene rings is 1. The van der Waals surface area contributed by atoms with Crippen LogP contribution >= 0.6 is 11.6 Å². The van der Waals surface area contributed by atoms with E-state index in [2.05, 4.69) is 4.99 Å². The minimum Gasteiger partial charge on any atom is -0.399 e. The molecule has 1 aliphatic rings. The lowest BCUT2D eigenvalue weighted by Gasteiger charge is -2.32. The number of carbonyl (C=O) groups excluding carboxylic acids is 1. The van der Waals surface area contributed by atoms with Crippen molar-refractivity contribution in [2.24, 2.45) is 10.7 Å². The molecule has 2 N–H and O–H groups in total. The fourth-order valence-electron chi connectivity index (χ4n) is 2.08. The first kappa shape index (κ1) is 17.0. The number of alkyl halides is 1. The first-order valence-corrected chi connectivity index (χ1v) is 7.57. The lowest BCUT2D eigenvalue weighted by atomic mass is 9.78. The summed E-state index contributed by atoms with van der Waals surface area (Å²) < 4.78 is 11.9. The first-order valence-electron chi connectivity index (χ1n) is 7.04. The summed E-state index contributed by atoms with van der Waals surface area (Å²) in [6.07, 6.45) is 0.731. The van der Waals surface area contributed by atoms with Gasteiger partial charge in [-0.2, -0.15) is 0 Å². The highest BCUT2D eigenvalue weighted by atomic mass is 35.5.